The minimum atomic E-state index is -0.549. The maximum absolute atomic E-state index is 12.1. The van der Waals surface area contributed by atoms with Gasteiger partial charge in [-0.3, -0.25) is 20.4 Å². The van der Waals surface area contributed by atoms with Gasteiger partial charge in [0.2, 0.25) is 5.91 Å². The van der Waals surface area contributed by atoms with Crippen LogP contribution in [0.2, 0.25) is 10.0 Å². The van der Waals surface area contributed by atoms with Crippen molar-refractivity contribution >= 4 is 35.0 Å². The first kappa shape index (κ1) is 18.1. The van der Waals surface area contributed by atoms with Gasteiger partial charge in [0.25, 0.3) is 5.91 Å². The van der Waals surface area contributed by atoms with E-state index in [1.54, 1.807) is 12.1 Å². The van der Waals surface area contributed by atoms with E-state index >= 15 is 0 Å². The fraction of sp³-hybridized carbons (Fsp3) is 0.176. The van der Waals surface area contributed by atoms with Gasteiger partial charge in [0.05, 0.1) is 24.1 Å². The lowest BCUT2D eigenvalue weighted by molar-refractivity contribution is -0.121. The number of halogens is 2. The molecule has 2 amide bonds. The lowest BCUT2D eigenvalue weighted by Crippen LogP contribution is -2.42. The molecule has 0 atom stereocenters. The summed E-state index contributed by atoms with van der Waals surface area (Å²) in [5, 5.41) is 0.617. The largest absolute Gasteiger partial charge is 0.496 e. The van der Waals surface area contributed by atoms with Crippen LogP contribution in [0, 0.1) is 6.92 Å². The predicted octanol–water partition coefficient (Wildman–Crippen LogP) is 3.31. The van der Waals surface area contributed by atoms with Gasteiger partial charge in [0, 0.05) is 10.6 Å². The molecular formula is C17H16Cl2N2O3. The number of nitrogens with one attached hydrogen (secondary N) is 2. The van der Waals surface area contributed by atoms with Gasteiger partial charge in [-0.15, -0.1) is 0 Å². The van der Waals surface area contributed by atoms with Crippen molar-refractivity contribution in [2.24, 2.45) is 0 Å². The molecule has 2 aromatic carbocycles. The summed E-state index contributed by atoms with van der Waals surface area (Å²) < 4.78 is 5.23. The molecule has 2 rings (SSSR count). The number of methoxy groups -OCH3 is 1. The molecule has 0 aliphatic heterocycles. The molecule has 0 aliphatic carbocycles. The highest BCUT2D eigenvalue weighted by Crippen LogP contribution is 2.21. The predicted molar refractivity (Wildman–Crippen MR) is 93.5 cm³/mol. The zero-order valence-electron chi connectivity index (χ0n) is 13.2. The van der Waals surface area contributed by atoms with Crippen molar-refractivity contribution in [1.29, 1.82) is 0 Å². The van der Waals surface area contributed by atoms with E-state index in [1.807, 2.05) is 19.1 Å². The Morgan fingerprint density at radius 2 is 1.83 bits per heavy atom. The van der Waals surface area contributed by atoms with Crippen LogP contribution in [0.5, 0.6) is 5.75 Å². The van der Waals surface area contributed by atoms with Crippen molar-refractivity contribution in [2.75, 3.05) is 7.11 Å². The smallest absolute Gasteiger partial charge is 0.271 e. The average molecular weight is 367 g/mol. The van der Waals surface area contributed by atoms with Crippen LogP contribution in [0.15, 0.2) is 36.4 Å². The quantitative estimate of drug-likeness (QED) is 0.815. The average Bonchev–Trinajstić information content (AvgIpc) is 2.55. The second-order valence-corrected chi connectivity index (χ2v) is 5.96. The third-order valence-corrected chi connectivity index (χ3v) is 3.84. The Bertz CT molecular complexity index is 778. The molecule has 0 unspecified atom stereocenters. The Hall–Kier alpha value is -2.24. The minimum absolute atomic E-state index is 0.0639. The summed E-state index contributed by atoms with van der Waals surface area (Å²) >= 11 is 11.8. The first-order chi connectivity index (χ1) is 11.4. The Kier molecular flexibility index (Phi) is 6.06. The number of ether oxygens (including phenoxy) is 1. The molecule has 0 fully saturated rings. The van der Waals surface area contributed by atoms with Crippen LogP contribution in [0.25, 0.3) is 0 Å². The summed E-state index contributed by atoms with van der Waals surface area (Å²) in [5.41, 5.74) is 6.58. The van der Waals surface area contributed by atoms with Crippen molar-refractivity contribution in [2.45, 2.75) is 13.3 Å². The van der Waals surface area contributed by atoms with Crippen LogP contribution < -0.4 is 15.6 Å². The molecule has 2 aromatic rings. The van der Waals surface area contributed by atoms with Crippen LogP contribution in [0.1, 0.15) is 21.5 Å². The number of rotatable bonds is 4. The SMILES string of the molecule is COc1ccc(C)cc1CC(=O)NNC(=O)c1cc(Cl)ccc1Cl. The zero-order valence-corrected chi connectivity index (χ0v) is 14.7. The lowest BCUT2D eigenvalue weighted by Gasteiger charge is -2.11. The molecule has 0 spiro atoms. The van der Waals surface area contributed by atoms with Gasteiger partial charge in [0.1, 0.15) is 5.75 Å². The number of carbonyl (C=O) groups is 2. The van der Waals surface area contributed by atoms with Crippen molar-refractivity contribution in [3.8, 4) is 5.75 Å². The summed E-state index contributed by atoms with van der Waals surface area (Å²) in [7, 11) is 1.54. The molecule has 0 radical (unpaired) electrons. The van der Waals surface area contributed by atoms with Crippen molar-refractivity contribution < 1.29 is 14.3 Å². The molecule has 0 saturated heterocycles. The van der Waals surface area contributed by atoms with Crippen LogP contribution in [-0.4, -0.2) is 18.9 Å². The van der Waals surface area contributed by atoms with Crippen molar-refractivity contribution in [1.82, 2.24) is 10.9 Å². The molecule has 2 N–H and O–H groups in total. The van der Waals surface area contributed by atoms with Crippen molar-refractivity contribution in [3.05, 3.63) is 63.1 Å². The van der Waals surface area contributed by atoms with Gasteiger partial charge in [-0.25, -0.2) is 0 Å². The van der Waals surface area contributed by atoms with Gasteiger partial charge in [-0.1, -0.05) is 40.9 Å². The number of amides is 2. The molecule has 0 aliphatic rings. The Morgan fingerprint density at radius 3 is 2.54 bits per heavy atom. The number of hydrazine groups is 1. The number of hydrogen-bond donors (Lipinski definition) is 2. The van der Waals surface area contributed by atoms with E-state index < -0.39 is 5.91 Å². The number of carbonyl (C=O) groups excluding carboxylic acids is 2. The van der Waals surface area contributed by atoms with Gasteiger partial charge in [0.15, 0.2) is 0 Å². The molecular weight excluding hydrogens is 351 g/mol. The monoisotopic (exact) mass is 366 g/mol. The normalized spacial score (nSPS) is 10.2. The highest BCUT2D eigenvalue weighted by atomic mass is 35.5. The Labute approximate surface area is 149 Å². The molecule has 0 heterocycles. The van der Waals surface area contributed by atoms with E-state index in [2.05, 4.69) is 10.9 Å². The summed E-state index contributed by atoms with van der Waals surface area (Å²) in [4.78, 5) is 24.1. The molecule has 0 aromatic heterocycles. The summed E-state index contributed by atoms with van der Waals surface area (Å²) in [5.74, 6) is -0.322. The van der Waals surface area contributed by atoms with Crippen LogP contribution >= 0.6 is 23.2 Å². The second-order valence-electron chi connectivity index (χ2n) is 5.12. The minimum Gasteiger partial charge on any atom is -0.496 e. The Balaban J connectivity index is 2.00. The van der Waals surface area contributed by atoms with E-state index in [9.17, 15) is 9.59 Å². The topological polar surface area (TPSA) is 67.4 Å². The lowest BCUT2D eigenvalue weighted by atomic mass is 10.1. The highest BCUT2D eigenvalue weighted by Gasteiger charge is 2.13. The van der Waals surface area contributed by atoms with E-state index in [0.717, 1.165) is 11.1 Å². The summed E-state index contributed by atoms with van der Waals surface area (Å²) in [6.07, 6.45) is 0.0639. The molecule has 24 heavy (non-hydrogen) atoms. The molecule has 126 valence electrons. The molecule has 0 bridgehead atoms. The van der Waals surface area contributed by atoms with E-state index in [4.69, 9.17) is 27.9 Å². The third-order valence-electron chi connectivity index (χ3n) is 3.28. The first-order valence-electron chi connectivity index (χ1n) is 7.08. The number of hydrogen-bond acceptors (Lipinski definition) is 3. The van der Waals surface area contributed by atoms with E-state index in [1.165, 1.54) is 19.2 Å². The fourth-order valence-corrected chi connectivity index (χ4v) is 2.50. The highest BCUT2D eigenvalue weighted by molar-refractivity contribution is 6.35. The van der Waals surface area contributed by atoms with Crippen LogP contribution in [-0.2, 0) is 11.2 Å². The Morgan fingerprint density at radius 1 is 1.08 bits per heavy atom. The maximum Gasteiger partial charge on any atom is 0.271 e. The standard InChI is InChI=1S/C17H16Cl2N2O3/c1-10-3-6-15(24-2)11(7-10)8-16(22)20-21-17(23)13-9-12(18)4-5-14(13)19/h3-7,9H,8H2,1-2H3,(H,20,22)(H,21,23). The zero-order chi connectivity index (χ0) is 17.7. The molecule has 0 saturated carbocycles. The maximum atomic E-state index is 12.1. The third kappa shape index (κ3) is 4.63. The first-order valence-corrected chi connectivity index (χ1v) is 7.84. The summed E-state index contributed by atoms with van der Waals surface area (Å²) in [6.45, 7) is 1.92. The second kappa shape index (κ2) is 8.04. The van der Waals surface area contributed by atoms with Crippen molar-refractivity contribution in [3.63, 3.8) is 0 Å². The fourth-order valence-electron chi connectivity index (χ4n) is 2.13. The van der Waals surface area contributed by atoms with Crippen LogP contribution in [0.3, 0.4) is 0 Å². The number of benzene rings is 2. The van der Waals surface area contributed by atoms with E-state index in [-0.39, 0.29) is 22.9 Å². The van der Waals surface area contributed by atoms with Gasteiger partial charge >= 0.3 is 0 Å². The molecule has 5 nitrogen and oxygen atoms in total. The van der Waals surface area contributed by atoms with Gasteiger partial charge in [-0.05, 0) is 31.2 Å². The van der Waals surface area contributed by atoms with Gasteiger partial charge < -0.3 is 4.74 Å². The van der Waals surface area contributed by atoms with E-state index in [0.29, 0.717) is 10.8 Å². The number of aryl methyl sites for hydroxylation is 1. The van der Waals surface area contributed by atoms with Crippen LogP contribution in [0.4, 0.5) is 0 Å². The molecule has 7 heteroatoms. The summed E-state index contributed by atoms with van der Waals surface area (Å²) in [6, 6.07) is 10.1. The van der Waals surface area contributed by atoms with Gasteiger partial charge in [-0.2, -0.15) is 0 Å².